The number of carbonyl (C=O) groups excluding carboxylic acids is 1. The summed E-state index contributed by atoms with van der Waals surface area (Å²) in [5.41, 5.74) is 1.06. The molecule has 2 amide bonds. The zero-order valence-corrected chi connectivity index (χ0v) is 9.76. The number of nitrogens with zero attached hydrogens (tertiary/aromatic N) is 4. The van der Waals surface area contributed by atoms with E-state index in [2.05, 4.69) is 20.2 Å². The first-order chi connectivity index (χ1) is 8.24. The molecule has 0 saturated carbocycles. The molecule has 1 aromatic heterocycles. The fraction of sp³-hybridized carbons (Fsp3) is 0.545. The van der Waals surface area contributed by atoms with Crippen molar-refractivity contribution in [3.05, 3.63) is 18.0 Å². The first-order valence-corrected chi connectivity index (χ1v) is 5.82. The van der Waals surface area contributed by atoms with Crippen LogP contribution in [0.5, 0.6) is 0 Å². The molecule has 17 heavy (non-hydrogen) atoms. The van der Waals surface area contributed by atoms with Crippen LogP contribution in [-0.2, 0) is 0 Å². The maximum atomic E-state index is 11.5. The first kappa shape index (κ1) is 10.3. The average molecular weight is 233 g/mol. The van der Waals surface area contributed by atoms with Crippen molar-refractivity contribution in [3.63, 3.8) is 0 Å². The van der Waals surface area contributed by atoms with E-state index in [0.717, 1.165) is 37.7 Å². The third kappa shape index (κ3) is 1.79. The highest BCUT2D eigenvalue weighted by molar-refractivity contribution is 5.77. The van der Waals surface area contributed by atoms with Crippen molar-refractivity contribution in [2.24, 2.45) is 0 Å². The summed E-state index contributed by atoms with van der Waals surface area (Å²) in [6.07, 6.45) is 3.65. The molecular formula is C11H15N5O. The normalized spacial score (nSPS) is 23.6. The van der Waals surface area contributed by atoms with E-state index in [1.165, 1.54) is 0 Å². The number of carbonyl (C=O) groups is 1. The summed E-state index contributed by atoms with van der Waals surface area (Å²) < 4.78 is 0. The van der Waals surface area contributed by atoms with E-state index in [0.29, 0.717) is 0 Å². The van der Waals surface area contributed by atoms with Crippen LogP contribution in [0.4, 0.5) is 10.7 Å². The number of amides is 2. The van der Waals surface area contributed by atoms with Gasteiger partial charge in [0.15, 0.2) is 0 Å². The molecular weight excluding hydrogens is 218 g/mol. The Kier molecular flexibility index (Phi) is 2.35. The van der Waals surface area contributed by atoms with Gasteiger partial charge in [-0.25, -0.2) is 14.8 Å². The van der Waals surface area contributed by atoms with Crippen molar-refractivity contribution in [2.75, 3.05) is 31.1 Å². The minimum atomic E-state index is 0.0551. The molecule has 2 saturated heterocycles. The van der Waals surface area contributed by atoms with Crippen LogP contribution in [0.15, 0.2) is 12.4 Å². The highest BCUT2D eigenvalue weighted by Gasteiger charge is 2.35. The van der Waals surface area contributed by atoms with Gasteiger partial charge in [-0.15, -0.1) is 0 Å². The van der Waals surface area contributed by atoms with Gasteiger partial charge in [-0.05, 0) is 12.5 Å². The van der Waals surface area contributed by atoms with Gasteiger partial charge in [0.05, 0.1) is 6.04 Å². The van der Waals surface area contributed by atoms with E-state index < -0.39 is 0 Å². The predicted molar refractivity (Wildman–Crippen MR) is 62.9 cm³/mol. The summed E-state index contributed by atoms with van der Waals surface area (Å²) in [5, 5.41) is 2.86. The van der Waals surface area contributed by atoms with Gasteiger partial charge in [0.2, 0.25) is 5.95 Å². The molecule has 90 valence electrons. The Morgan fingerprint density at radius 3 is 2.88 bits per heavy atom. The number of fused-ring (bicyclic) bond motifs is 1. The van der Waals surface area contributed by atoms with Crippen molar-refractivity contribution < 1.29 is 4.79 Å². The van der Waals surface area contributed by atoms with Gasteiger partial charge in [-0.2, -0.15) is 0 Å². The molecule has 3 rings (SSSR count). The van der Waals surface area contributed by atoms with E-state index >= 15 is 0 Å². The zero-order valence-electron chi connectivity index (χ0n) is 9.76. The highest BCUT2D eigenvalue weighted by atomic mass is 16.2. The molecule has 6 nitrogen and oxygen atoms in total. The fourth-order valence-electron chi connectivity index (χ4n) is 2.33. The molecule has 0 spiro atoms. The molecule has 3 heterocycles. The topological polar surface area (TPSA) is 61.4 Å². The molecule has 1 N–H and O–H groups in total. The van der Waals surface area contributed by atoms with Crippen LogP contribution >= 0.6 is 0 Å². The lowest BCUT2D eigenvalue weighted by Crippen LogP contribution is -2.52. The van der Waals surface area contributed by atoms with Gasteiger partial charge in [-0.3, -0.25) is 0 Å². The Bertz CT molecular complexity index is 432. The average Bonchev–Trinajstić information content (AvgIpc) is 2.72. The number of nitrogens with one attached hydrogen (secondary N) is 1. The number of hydrogen-bond acceptors (Lipinski definition) is 4. The maximum absolute atomic E-state index is 11.5. The lowest BCUT2D eigenvalue weighted by atomic mass is 10.2. The van der Waals surface area contributed by atoms with Crippen LogP contribution in [0.3, 0.4) is 0 Å². The SMILES string of the molecule is Cc1cnc(N2CCN3C(=O)NCC3C2)nc1. The lowest BCUT2D eigenvalue weighted by molar-refractivity contribution is 0.197. The number of piperazine rings is 1. The summed E-state index contributed by atoms with van der Waals surface area (Å²) in [6, 6.07) is 0.306. The summed E-state index contributed by atoms with van der Waals surface area (Å²) in [4.78, 5) is 24.1. The first-order valence-electron chi connectivity index (χ1n) is 5.82. The van der Waals surface area contributed by atoms with Gasteiger partial charge in [-0.1, -0.05) is 0 Å². The van der Waals surface area contributed by atoms with Gasteiger partial charge < -0.3 is 15.1 Å². The van der Waals surface area contributed by atoms with E-state index in [1.54, 1.807) is 0 Å². The number of urea groups is 1. The van der Waals surface area contributed by atoms with Crippen molar-refractivity contribution in [2.45, 2.75) is 13.0 Å². The predicted octanol–water partition coefficient (Wildman–Crippen LogP) is -0.00118. The molecule has 0 bridgehead atoms. The molecule has 0 aromatic carbocycles. The summed E-state index contributed by atoms with van der Waals surface area (Å²) >= 11 is 0. The van der Waals surface area contributed by atoms with Crippen molar-refractivity contribution in [3.8, 4) is 0 Å². The van der Waals surface area contributed by atoms with Crippen LogP contribution in [-0.4, -0.2) is 53.1 Å². The standard InChI is InChI=1S/C11H15N5O/c1-8-4-12-10(13-5-8)15-2-3-16-9(7-15)6-14-11(16)17/h4-5,9H,2-3,6-7H2,1H3,(H,14,17). The number of hydrogen-bond donors (Lipinski definition) is 1. The van der Waals surface area contributed by atoms with Crippen LogP contribution in [0.1, 0.15) is 5.56 Å². The smallest absolute Gasteiger partial charge is 0.317 e. The quantitative estimate of drug-likeness (QED) is 0.741. The second-order valence-corrected chi connectivity index (χ2v) is 4.54. The summed E-state index contributed by atoms with van der Waals surface area (Å²) in [6.45, 7) is 5.05. The summed E-state index contributed by atoms with van der Waals surface area (Å²) in [5.74, 6) is 0.759. The van der Waals surface area contributed by atoms with Crippen LogP contribution in [0.2, 0.25) is 0 Å². The van der Waals surface area contributed by atoms with Crippen molar-refractivity contribution >= 4 is 12.0 Å². The molecule has 1 unspecified atom stereocenters. The number of anilines is 1. The number of aryl methyl sites for hydroxylation is 1. The monoisotopic (exact) mass is 233 g/mol. The van der Waals surface area contributed by atoms with Crippen molar-refractivity contribution in [1.82, 2.24) is 20.2 Å². The molecule has 2 aliphatic heterocycles. The van der Waals surface area contributed by atoms with E-state index in [4.69, 9.17) is 0 Å². The van der Waals surface area contributed by atoms with E-state index in [-0.39, 0.29) is 12.1 Å². The summed E-state index contributed by atoms with van der Waals surface area (Å²) in [7, 11) is 0. The molecule has 1 atom stereocenters. The van der Waals surface area contributed by atoms with Crippen molar-refractivity contribution in [1.29, 1.82) is 0 Å². The Labute approximate surface area is 99.6 Å². The van der Waals surface area contributed by atoms with Gasteiger partial charge in [0, 0.05) is 38.6 Å². The minimum Gasteiger partial charge on any atom is -0.337 e. The molecule has 0 aliphatic carbocycles. The lowest BCUT2D eigenvalue weighted by Gasteiger charge is -2.36. The van der Waals surface area contributed by atoms with E-state index in [1.807, 2.05) is 24.2 Å². The fourth-order valence-corrected chi connectivity index (χ4v) is 2.33. The number of rotatable bonds is 1. The van der Waals surface area contributed by atoms with Crippen LogP contribution in [0.25, 0.3) is 0 Å². The second-order valence-electron chi connectivity index (χ2n) is 4.54. The molecule has 2 aliphatic rings. The number of aromatic nitrogens is 2. The Morgan fingerprint density at radius 1 is 1.35 bits per heavy atom. The van der Waals surface area contributed by atoms with Crippen LogP contribution in [0, 0.1) is 6.92 Å². The molecule has 1 aromatic rings. The zero-order chi connectivity index (χ0) is 11.8. The Hall–Kier alpha value is -1.85. The minimum absolute atomic E-state index is 0.0551. The Balaban J connectivity index is 1.75. The van der Waals surface area contributed by atoms with E-state index in [9.17, 15) is 4.79 Å². The molecule has 6 heteroatoms. The third-order valence-corrected chi connectivity index (χ3v) is 3.28. The Morgan fingerprint density at radius 2 is 2.12 bits per heavy atom. The van der Waals surface area contributed by atoms with Crippen LogP contribution < -0.4 is 10.2 Å². The molecule has 0 radical (unpaired) electrons. The highest BCUT2D eigenvalue weighted by Crippen LogP contribution is 2.17. The van der Waals surface area contributed by atoms with Gasteiger partial charge in [0.25, 0.3) is 0 Å². The third-order valence-electron chi connectivity index (χ3n) is 3.28. The van der Waals surface area contributed by atoms with Gasteiger partial charge in [0.1, 0.15) is 0 Å². The molecule has 2 fully saturated rings. The second kappa shape index (κ2) is 3.87. The van der Waals surface area contributed by atoms with Gasteiger partial charge >= 0.3 is 6.03 Å². The largest absolute Gasteiger partial charge is 0.337 e. The maximum Gasteiger partial charge on any atom is 0.317 e.